The molecule has 70 valence electrons. The third-order valence-corrected chi connectivity index (χ3v) is 1.72. The highest BCUT2D eigenvalue weighted by molar-refractivity contribution is 5.06. The molecule has 1 aromatic heterocycles. The summed E-state index contributed by atoms with van der Waals surface area (Å²) in [6.45, 7) is 10.3. The molecule has 0 radical (unpaired) electrons. The summed E-state index contributed by atoms with van der Waals surface area (Å²) in [7, 11) is 2.02. The van der Waals surface area contributed by atoms with Crippen LogP contribution in [0.3, 0.4) is 0 Å². The van der Waals surface area contributed by atoms with E-state index >= 15 is 0 Å². The number of imidazole rings is 1. The molecule has 0 aliphatic rings. The summed E-state index contributed by atoms with van der Waals surface area (Å²) in [6, 6.07) is 0. The summed E-state index contributed by atoms with van der Waals surface area (Å²) in [5.74, 6) is 1.63. The summed E-state index contributed by atoms with van der Waals surface area (Å²) in [4.78, 5) is 4.37. The Morgan fingerprint density at radius 3 is 2.00 bits per heavy atom. The lowest BCUT2D eigenvalue weighted by Crippen LogP contribution is -1.86. The van der Waals surface area contributed by atoms with Gasteiger partial charge in [-0.3, -0.25) is 0 Å². The van der Waals surface area contributed by atoms with Crippen LogP contribution in [0.2, 0.25) is 0 Å². The molecule has 0 amide bonds. The molecule has 0 aliphatic heterocycles. The summed E-state index contributed by atoms with van der Waals surface area (Å²) < 4.78 is 2.05. The molecule has 0 unspecified atom stereocenters. The second-order valence-electron chi connectivity index (χ2n) is 2.98. The average molecular weight is 168 g/mol. The lowest BCUT2D eigenvalue weighted by Gasteiger charge is -1.95. The molecule has 2 heteroatoms. The van der Waals surface area contributed by atoms with E-state index in [0.29, 0.717) is 5.92 Å². The van der Waals surface area contributed by atoms with Crippen LogP contribution in [-0.2, 0) is 7.05 Å². The molecule has 0 aliphatic carbocycles. The van der Waals surface area contributed by atoms with Crippen LogP contribution in [0.1, 0.15) is 45.1 Å². The smallest absolute Gasteiger partial charge is 0.105 e. The van der Waals surface area contributed by atoms with Crippen LogP contribution in [0, 0.1) is 6.92 Å². The number of nitrogens with zero attached hydrogens (tertiary/aromatic N) is 2. The maximum atomic E-state index is 4.37. The summed E-state index contributed by atoms with van der Waals surface area (Å²) in [6.07, 6.45) is 2.08. The molecule has 0 fully saturated rings. The van der Waals surface area contributed by atoms with Gasteiger partial charge in [-0.15, -0.1) is 0 Å². The van der Waals surface area contributed by atoms with Crippen molar-refractivity contribution in [2.24, 2.45) is 7.05 Å². The first kappa shape index (κ1) is 11.2. The predicted octanol–water partition coefficient (Wildman–Crippen LogP) is 2.88. The Morgan fingerprint density at radius 2 is 1.83 bits per heavy atom. The number of hydrogen-bond acceptors (Lipinski definition) is 1. The number of hydrogen-bond donors (Lipinski definition) is 0. The van der Waals surface area contributed by atoms with Gasteiger partial charge < -0.3 is 4.57 Å². The van der Waals surface area contributed by atoms with E-state index in [-0.39, 0.29) is 0 Å². The van der Waals surface area contributed by atoms with Crippen molar-refractivity contribution < 1.29 is 0 Å². The Hall–Kier alpha value is -0.790. The minimum atomic E-state index is 0.542. The SMILES string of the molecule is CC.Cc1nc(C(C)C)cn1C. The van der Waals surface area contributed by atoms with Crippen LogP contribution in [0.15, 0.2) is 6.20 Å². The van der Waals surface area contributed by atoms with Crippen molar-refractivity contribution in [3.8, 4) is 0 Å². The first-order chi connectivity index (χ1) is 5.61. The highest BCUT2D eigenvalue weighted by Gasteiger charge is 2.03. The van der Waals surface area contributed by atoms with Crippen molar-refractivity contribution in [3.63, 3.8) is 0 Å². The van der Waals surface area contributed by atoms with E-state index in [4.69, 9.17) is 0 Å². The van der Waals surface area contributed by atoms with E-state index in [2.05, 4.69) is 29.6 Å². The van der Waals surface area contributed by atoms with Gasteiger partial charge in [0.05, 0.1) is 5.69 Å². The fraction of sp³-hybridized carbons (Fsp3) is 0.700. The molecule has 0 atom stereocenters. The lowest BCUT2D eigenvalue weighted by atomic mass is 10.2. The third kappa shape index (κ3) is 2.68. The zero-order valence-electron chi connectivity index (χ0n) is 9.05. The fourth-order valence-electron chi connectivity index (χ4n) is 0.865. The van der Waals surface area contributed by atoms with Crippen LogP contribution in [-0.4, -0.2) is 9.55 Å². The maximum Gasteiger partial charge on any atom is 0.105 e. The molecule has 0 spiro atoms. The van der Waals surface area contributed by atoms with E-state index in [9.17, 15) is 0 Å². The first-order valence-corrected chi connectivity index (χ1v) is 4.61. The van der Waals surface area contributed by atoms with Crippen molar-refractivity contribution in [2.45, 2.75) is 40.5 Å². The Kier molecular flexibility index (Phi) is 4.64. The Balaban J connectivity index is 0.000000561. The normalized spacial score (nSPS) is 9.58. The minimum Gasteiger partial charge on any atom is -0.338 e. The Bertz CT molecular complexity index is 204. The van der Waals surface area contributed by atoms with Gasteiger partial charge in [-0.2, -0.15) is 0 Å². The fourth-order valence-corrected chi connectivity index (χ4v) is 0.865. The molecular formula is C10H20N2. The van der Waals surface area contributed by atoms with Gasteiger partial charge in [-0.05, 0) is 12.8 Å². The number of aromatic nitrogens is 2. The van der Waals surface area contributed by atoms with Crippen LogP contribution >= 0.6 is 0 Å². The van der Waals surface area contributed by atoms with E-state index < -0.39 is 0 Å². The second kappa shape index (κ2) is 4.96. The van der Waals surface area contributed by atoms with E-state index in [1.807, 2.05) is 27.8 Å². The van der Waals surface area contributed by atoms with Gasteiger partial charge in [-0.1, -0.05) is 27.7 Å². The van der Waals surface area contributed by atoms with Crippen molar-refractivity contribution in [2.75, 3.05) is 0 Å². The van der Waals surface area contributed by atoms with Crippen molar-refractivity contribution in [1.29, 1.82) is 0 Å². The molecule has 1 rings (SSSR count). The maximum absolute atomic E-state index is 4.37. The van der Waals surface area contributed by atoms with E-state index in [0.717, 1.165) is 5.82 Å². The minimum absolute atomic E-state index is 0.542. The van der Waals surface area contributed by atoms with Crippen LogP contribution < -0.4 is 0 Å². The van der Waals surface area contributed by atoms with Gasteiger partial charge >= 0.3 is 0 Å². The third-order valence-electron chi connectivity index (χ3n) is 1.72. The Labute approximate surface area is 75.6 Å². The average Bonchev–Trinajstić information content (AvgIpc) is 2.36. The lowest BCUT2D eigenvalue weighted by molar-refractivity contribution is 0.828. The molecule has 12 heavy (non-hydrogen) atoms. The number of rotatable bonds is 1. The summed E-state index contributed by atoms with van der Waals surface area (Å²) >= 11 is 0. The zero-order chi connectivity index (χ0) is 9.72. The number of aryl methyl sites for hydroxylation is 2. The molecule has 1 aromatic rings. The van der Waals surface area contributed by atoms with Crippen molar-refractivity contribution in [1.82, 2.24) is 9.55 Å². The summed E-state index contributed by atoms with van der Waals surface area (Å²) in [5, 5.41) is 0. The Morgan fingerprint density at radius 1 is 1.33 bits per heavy atom. The van der Waals surface area contributed by atoms with Gasteiger partial charge in [0.15, 0.2) is 0 Å². The molecule has 0 aromatic carbocycles. The molecule has 0 saturated carbocycles. The molecule has 2 nitrogen and oxygen atoms in total. The van der Waals surface area contributed by atoms with Crippen LogP contribution in [0.5, 0.6) is 0 Å². The monoisotopic (exact) mass is 168 g/mol. The van der Waals surface area contributed by atoms with Crippen molar-refractivity contribution in [3.05, 3.63) is 17.7 Å². The highest BCUT2D eigenvalue weighted by atomic mass is 15.0. The predicted molar refractivity (Wildman–Crippen MR) is 53.4 cm³/mol. The van der Waals surface area contributed by atoms with E-state index in [1.54, 1.807) is 0 Å². The standard InChI is InChI=1S/C8H14N2.C2H6/c1-6(2)8-5-10(4)7(3)9-8;1-2/h5-6H,1-4H3;1-2H3. The largest absolute Gasteiger partial charge is 0.338 e. The molecule has 0 bridgehead atoms. The highest BCUT2D eigenvalue weighted by Crippen LogP contribution is 2.11. The summed E-state index contributed by atoms with van der Waals surface area (Å²) in [5.41, 5.74) is 1.18. The van der Waals surface area contributed by atoms with Gasteiger partial charge in [0.2, 0.25) is 0 Å². The van der Waals surface area contributed by atoms with Gasteiger partial charge in [0.1, 0.15) is 5.82 Å². The zero-order valence-corrected chi connectivity index (χ0v) is 9.05. The topological polar surface area (TPSA) is 17.8 Å². The van der Waals surface area contributed by atoms with Crippen LogP contribution in [0.4, 0.5) is 0 Å². The van der Waals surface area contributed by atoms with Gasteiger partial charge in [0.25, 0.3) is 0 Å². The van der Waals surface area contributed by atoms with E-state index in [1.165, 1.54) is 5.69 Å². The second-order valence-corrected chi connectivity index (χ2v) is 2.98. The van der Waals surface area contributed by atoms with Gasteiger partial charge in [0, 0.05) is 13.2 Å². The molecule has 0 saturated heterocycles. The molecule has 1 heterocycles. The van der Waals surface area contributed by atoms with Gasteiger partial charge in [-0.25, -0.2) is 4.98 Å². The first-order valence-electron chi connectivity index (χ1n) is 4.61. The van der Waals surface area contributed by atoms with Crippen LogP contribution in [0.25, 0.3) is 0 Å². The molecule has 0 N–H and O–H groups in total. The van der Waals surface area contributed by atoms with Crippen molar-refractivity contribution >= 4 is 0 Å². The molecular weight excluding hydrogens is 148 g/mol. The quantitative estimate of drug-likeness (QED) is 0.630.